The van der Waals surface area contributed by atoms with Crippen molar-refractivity contribution in [1.29, 1.82) is 0 Å². The van der Waals surface area contributed by atoms with Crippen molar-refractivity contribution >= 4 is 0 Å². The van der Waals surface area contributed by atoms with Crippen molar-refractivity contribution in [2.45, 2.75) is 46.5 Å². The fourth-order valence-corrected chi connectivity index (χ4v) is 3.61. The third-order valence-corrected chi connectivity index (χ3v) is 5.17. The van der Waals surface area contributed by atoms with Crippen molar-refractivity contribution in [3.8, 4) is 0 Å². The molecule has 1 aromatic rings. The maximum Gasteiger partial charge on any atom is 0.0279 e. The summed E-state index contributed by atoms with van der Waals surface area (Å²) >= 11 is 0. The van der Waals surface area contributed by atoms with Crippen LogP contribution < -0.4 is 5.73 Å². The van der Waals surface area contributed by atoms with Gasteiger partial charge in [-0.15, -0.1) is 0 Å². The van der Waals surface area contributed by atoms with Crippen LogP contribution in [0.4, 0.5) is 0 Å². The number of benzene rings is 1. The quantitative estimate of drug-likeness (QED) is 0.723. The van der Waals surface area contributed by atoms with Crippen LogP contribution in [0.2, 0.25) is 0 Å². The molecule has 0 fully saturated rings. The second kappa shape index (κ2) is 6.47. The lowest BCUT2D eigenvalue weighted by atomic mass is 9.72. The molecule has 2 aliphatic carbocycles. The molecule has 0 saturated carbocycles. The fraction of sp³-hybridized carbons (Fsp3) is 0.391. The van der Waals surface area contributed by atoms with Crippen LogP contribution >= 0.6 is 0 Å². The first kappa shape index (κ1) is 16.8. The molecular formula is C23H29N. The lowest BCUT2D eigenvalue weighted by molar-refractivity contribution is 0.467. The number of hydrogen-bond acceptors (Lipinski definition) is 1. The van der Waals surface area contributed by atoms with E-state index in [9.17, 15) is 0 Å². The summed E-state index contributed by atoms with van der Waals surface area (Å²) in [5.74, 6) is 0.848. The molecule has 1 aromatic carbocycles. The average molecular weight is 319 g/mol. The van der Waals surface area contributed by atoms with Crippen LogP contribution in [0.1, 0.15) is 52.0 Å². The van der Waals surface area contributed by atoms with E-state index in [0.29, 0.717) is 5.92 Å². The molecular weight excluding hydrogens is 290 g/mol. The minimum atomic E-state index is 0.156. The summed E-state index contributed by atoms with van der Waals surface area (Å²) < 4.78 is 0. The van der Waals surface area contributed by atoms with Crippen LogP contribution in [0.3, 0.4) is 0 Å². The van der Waals surface area contributed by atoms with Gasteiger partial charge in [-0.1, -0.05) is 87.9 Å². The molecule has 0 saturated heterocycles. The maximum atomic E-state index is 6.70. The molecule has 1 nitrogen and oxygen atoms in total. The van der Waals surface area contributed by atoms with E-state index < -0.39 is 0 Å². The van der Waals surface area contributed by atoms with Gasteiger partial charge in [0.2, 0.25) is 0 Å². The van der Waals surface area contributed by atoms with Crippen LogP contribution in [-0.4, -0.2) is 0 Å². The van der Waals surface area contributed by atoms with Gasteiger partial charge < -0.3 is 5.73 Å². The zero-order chi connectivity index (χ0) is 17.3. The zero-order valence-electron chi connectivity index (χ0n) is 15.3. The standard InChI is InChI=1S/C23H29N/c1-16-9-8-12-18(13-16)21-15-19(23(2,3)4)14-20(22(21)24)17-10-6-5-7-11-17/h5-8,10-13,15-16,20H,9,14,24H2,1-4H3. The van der Waals surface area contributed by atoms with E-state index in [1.807, 2.05) is 0 Å². The largest absolute Gasteiger partial charge is 0.401 e. The van der Waals surface area contributed by atoms with Crippen molar-refractivity contribution < 1.29 is 0 Å². The first-order chi connectivity index (χ1) is 11.4. The third kappa shape index (κ3) is 3.40. The van der Waals surface area contributed by atoms with Crippen molar-refractivity contribution in [2.24, 2.45) is 17.1 Å². The van der Waals surface area contributed by atoms with Gasteiger partial charge in [-0.25, -0.2) is 0 Å². The van der Waals surface area contributed by atoms with Gasteiger partial charge in [0.25, 0.3) is 0 Å². The van der Waals surface area contributed by atoms with E-state index in [4.69, 9.17) is 5.73 Å². The summed E-state index contributed by atoms with van der Waals surface area (Å²) in [4.78, 5) is 0. The third-order valence-electron chi connectivity index (χ3n) is 5.17. The molecule has 0 radical (unpaired) electrons. The van der Waals surface area contributed by atoms with Crippen LogP contribution in [0.15, 0.2) is 77.1 Å². The number of rotatable bonds is 2. The summed E-state index contributed by atoms with van der Waals surface area (Å²) in [5, 5.41) is 0. The minimum absolute atomic E-state index is 0.156. The monoisotopic (exact) mass is 319 g/mol. The summed E-state index contributed by atoms with van der Waals surface area (Å²) in [5.41, 5.74) is 13.2. The van der Waals surface area contributed by atoms with E-state index in [1.165, 1.54) is 22.3 Å². The highest BCUT2D eigenvalue weighted by atomic mass is 14.6. The SMILES string of the molecule is CC1C=C(C2=C(N)C(c3ccccc3)CC(C(C)(C)C)=C2)C=CC1. The molecule has 24 heavy (non-hydrogen) atoms. The highest BCUT2D eigenvalue weighted by Crippen LogP contribution is 2.43. The maximum absolute atomic E-state index is 6.70. The highest BCUT2D eigenvalue weighted by Gasteiger charge is 2.29. The molecule has 1 heteroatoms. The van der Waals surface area contributed by atoms with Crippen molar-refractivity contribution in [3.05, 3.63) is 82.6 Å². The predicted octanol–water partition coefficient (Wildman–Crippen LogP) is 5.88. The molecule has 0 aromatic heterocycles. The molecule has 0 amide bonds. The summed E-state index contributed by atoms with van der Waals surface area (Å²) in [7, 11) is 0. The normalized spacial score (nSPS) is 24.7. The van der Waals surface area contributed by atoms with Crippen LogP contribution in [0, 0.1) is 11.3 Å². The first-order valence-electron chi connectivity index (χ1n) is 9.00. The molecule has 2 N–H and O–H groups in total. The molecule has 2 atom stereocenters. The molecule has 2 aliphatic rings. The van der Waals surface area contributed by atoms with Gasteiger partial charge in [0, 0.05) is 17.2 Å². The summed E-state index contributed by atoms with van der Waals surface area (Å²) in [6.07, 6.45) is 11.4. The zero-order valence-corrected chi connectivity index (χ0v) is 15.3. The second-order valence-electron chi connectivity index (χ2n) is 8.19. The van der Waals surface area contributed by atoms with Crippen LogP contribution in [0.5, 0.6) is 0 Å². The van der Waals surface area contributed by atoms with Crippen molar-refractivity contribution in [1.82, 2.24) is 0 Å². The predicted molar refractivity (Wildman–Crippen MR) is 104 cm³/mol. The molecule has 0 aliphatic heterocycles. The van der Waals surface area contributed by atoms with E-state index >= 15 is 0 Å². The smallest absolute Gasteiger partial charge is 0.0279 e. The summed E-state index contributed by atoms with van der Waals surface area (Å²) in [6, 6.07) is 10.7. The molecule has 3 rings (SSSR count). The van der Waals surface area contributed by atoms with E-state index in [1.54, 1.807) is 0 Å². The van der Waals surface area contributed by atoms with Crippen LogP contribution in [0.25, 0.3) is 0 Å². The Hall–Kier alpha value is -2.02. The molecule has 0 spiro atoms. The summed E-state index contributed by atoms with van der Waals surface area (Å²) in [6.45, 7) is 9.17. The van der Waals surface area contributed by atoms with Crippen molar-refractivity contribution in [3.63, 3.8) is 0 Å². The van der Waals surface area contributed by atoms with E-state index in [-0.39, 0.29) is 11.3 Å². The molecule has 126 valence electrons. The number of hydrogen-bond donors (Lipinski definition) is 1. The van der Waals surface area contributed by atoms with Crippen molar-refractivity contribution in [2.75, 3.05) is 0 Å². The minimum Gasteiger partial charge on any atom is -0.401 e. The Labute approximate surface area is 146 Å². The fourth-order valence-electron chi connectivity index (χ4n) is 3.61. The van der Waals surface area contributed by atoms with Gasteiger partial charge in [-0.2, -0.15) is 0 Å². The molecule has 0 bridgehead atoms. The Morgan fingerprint density at radius 2 is 1.79 bits per heavy atom. The van der Waals surface area contributed by atoms with Crippen LogP contribution in [-0.2, 0) is 0 Å². The molecule has 0 heterocycles. The first-order valence-corrected chi connectivity index (χ1v) is 9.00. The number of nitrogens with two attached hydrogens (primary N) is 1. The Morgan fingerprint density at radius 1 is 1.08 bits per heavy atom. The van der Waals surface area contributed by atoms with Gasteiger partial charge >= 0.3 is 0 Å². The van der Waals surface area contributed by atoms with Gasteiger partial charge in [0.1, 0.15) is 0 Å². The van der Waals surface area contributed by atoms with Gasteiger partial charge in [0.05, 0.1) is 0 Å². The Kier molecular flexibility index (Phi) is 4.54. The van der Waals surface area contributed by atoms with E-state index in [2.05, 4.69) is 82.3 Å². The second-order valence-corrected chi connectivity index (χ2v) is 8.19. The Bertz CT molecular complexity index is 723. The highest BCUT2D eigenvalue weighted by molar-refractivity contribution is 5.56. The van der Waals surface area contributed by atoms with Gasteiger partial charge in [-0.05, 0) is 35.3 Å². The lowest BCUT2D eigenvalue weighted by Gasteiger charge is -2.33. The molecule has 2 unspecified atom stereocenters. The lowest BCUT2D eigenvalue weighted by Crippen LogP contribution is -2.23. The van der Waals surface area contributed by atoms with Gasteiger partial charge in [-0.3, -0.25) is 0 Å². The topological polar surface area (TPSA) is 26.0 Å². The Balaban J connectivity index is 2.10. The number of allylic oxidation sites excluding steroid dienone is 8. The Morgan fingerprint density at radius 3 is 2.42 bits per heavy atom. The van der Waals surface area contributed by atoms with E-state index in [0.717, 1.165) is 18.5 Å². The van der Waals surface area contributed by atoms with Gasteiger partial charge in [0.15, 0.2) is 0 Å². The average Bonchev–Trinajstić information content (AvgIpc) is 2.55.